The molecule has 1 atom stereocenters. The summed E-state index contributed by atoms with van der Waals surface area (Å²) in [4.78, 5) is 45.3. The molecule has 2 aromatic carbocycles. The van der Waals surface area contributed by atoms with Gasteiger partial charge in [-0.25, -0.2) is 13.6 Å². The Morgan fingerprint density at radius 2 is 1.88 bits per heavy atom. The van der Waals surface area contributed by atoms with E-state index in [1.54, 1.807) is 17.0 Å². The highest BCUT2D eigenvalue weighted by Crippen LogP contribution is 2.34. The average Bonchev–Trinajstić information content (AvgIpc) is 3.28. The van der Waals surface area contributed by atoms with E-state index in [1.807, 2.05) is 51.1 Å². The number of benzene rings is 2. The van der Waals surface area contributed by atoms with Gasteiger partial charge in [-0.2, -0.15) is 5.26 Å². The van der Waals surface area contributed by atoms with E-state index < -0.39 is 48.9 Å². The second kappa shape index (κ2) is 11.0. The van der Waals surface area contributed by atoms with Crippen LogP contribution in [-0.4, -0.2) is 65.0 Å². The molecule has 5 rings (SSSR count). The van der Waals surface area contributed by atoms with Crippen LogP contribution in [0.4, 0.5) is 19.3 Å². The van der Waals surface area contributed by atoms with E-state index in [0.717, 1.165) is 40.1 Å². The lowest BCUT2D eigenvalue weighted by Gasteiger charge is -2.32. The smallest absolute Gasteiger partial charge is 0.414 e. The topological polar surface area (TPSA) is 116 Å². The number of alkyl halides is 2. The summed E-state index contributed by atoms with van der Waals surface area (Å²) in [6.45, 7) is 4.70. The minimum Gasteiger partial charge on any atom is -0.443 e. The monoisotopic (exact) mass is 575 g/mol. The van der Waals surface area contributed by atoms with Crippen molar-refractivity contribution < 1.29 is 27.9 Å². The quantitative estimate of drug-likeness (QED) is 0.464. The van der Waals surface area contributed by atoms with Crippen LogP contribution in [0.3, 0.4) is 0 Å². The van der Waals surface area contributed by atoms with E-state index in [1.165, 1.54) is 12.3 Å². The Morgan fingerprint density at radius 3 is 2.62 bits per heavy atom. The predicted molar refractivity (Wildman–Crippen MR) is 152 cm³/mol. The number of nitriles is 1. The lowest BCUT2D eigenvalue weighted by Crippen LogP contribution is -2.43. The van der Waals surface area contributed by atoms with Gasteiger partial charge in [-0.1, -0.05) is 12.1 Å². The molecule has 0 radical (unpaired) electrons. The molecule has 9 nitrogen and oxygen atoms in total. The van der Waals surface area contributed by atoms with E-state index in [9.17, 15) is 23.2 Å². The molecule has 1 fully saturated rings. The molecule has 218 valence electrons. The van der Waals surface area contributed by atoms with Crippen LogP contribution in [0.25, 0.3) is 22.0 Å². The fourth-order valence-electron chi connectivity index (χ4n) is 5.35. The van der Waals surface area contributed by atoms with Gasteiger partial charge in [-0.3, -0.25) is 19.5 Å². The van der Waals surface area contributed by atoms with E-state index in [-0.39, 0.29) is 11.7 Å². The van der Waals surface area contributed by atoms with Gasteiger partial charge < -0.3 is 15.0 Å². The zero-order chi connectivity index (χ0) is 30.2. The van der Waals surface area contributed by atoms with Crippen molar-refractivity contribution in [2.75, 3.05) is 24.5 Å². The molecule has 11 heteroatoms. The standard InChI is InChI=1S/C31H31F2N5O4/c1-30(2,3)42-29(41)37-12-4-5-21-13-19(7-9-26(21)37)20-6-8-25-24(14-20)23(10-11-35-25)28(40)36-17-27(39)38-18-31(32,33)15-22(38)16-34/h6-11,13-14,22H,4-5,12,15,17-18H2,1-3H3,(H,36,40)/t22-/m0/s1. The highest BCUT2D eigenvalue weighted by atomic mass is 19.3. The first-order valence-electron chi connectivity index (χ1n) is 13.7. The molecule has 3 amide bonds. The lowest BCUT2D eigenvalue weighted by atomic mass is 9.95. The fraction of sp³-hybridized carbons (Fsp3) is 0.387. The zero-order valence-electron chi connectivity index (χ0n) is 23.6. The van der Waals surface area contributed by atoms with Gasteiger partial charge >= 0.3 is 6.09 Å². The number of carbonyl (C=O) groups is 3. The van der Waals surface area contributed by atoms with Gasteiger partial charge in [-0.05, 0) is 80.6 Å². The second-order valence-corrected chi connectivity index (χ2v) is 11.6. The molecule has 1 saturated heterocycles. The number of hydrogen-bond donors (Lipinski definition) is 1. The first kappa shape index (κ1) is 28.9. The van der Waals surface area contributed by atoms with E-state index in [2.05, 4.69) is 10.3 Å². The molecule has 0 unspecified atom stereocenters. The van der Waals surface area contributed by atoms with Crippen LogP contribution in [0.1, 0.15) is 49.5 Å². The summed E-state index contributed by atoms with van der Waals surface area (Å²) in [6.07, 6.45) is 1.97. The third-order valence-corrected chi connectivity index (χ3v) is 7.27. The molecule has 2 aliphatic rings. The Balaban J connectivity index is 1.37. The minimum atomic E-state index is -3.14. The van der Waals surface area contributed by atoms with Crippen LogP contribution < -0.4 is 10.2 Å². The van der Waals surface area contributed by atoms with E-state index in [4.69, 9.17) is 10.00 Å². The molecule has 1 N–H and O–H groups in total. The Labute approximate surface area is 242 Å². The molecular formula is C31H31F2N5O4. The zero-order valence-corrected chi connectivity index (χ0v) is 23.6. The maximum atomic E-state index is 13.8. The number of nitrogens with one attached hydrogen (secondary N) is 1. The van der Waals surface area contributed by atoms with E-state index in [0.29, 0.717) is 17.4 Å². The molecule has 0 spiro atoms. The van der Waals surface area contributed by atoms with Crippen molar-refractivity contribution in [3.8, 4) is 17.2 Å². The number of anilines is 1. The Bertz CT molecular complexity index is 1610. The van der Waals surface area contributed by atoms with Gasteiger partial charge in [0.25, 0.3) is 11.8 Å². The summed E-state index contributed by atoms with van der Waals surface area (Å²) >= 11 is 0. The number of aryl methyl sites for hydroxylation is 1. The molecule has 0 bridgehead atoms. The van der Waals surface area contributed by atoms with Crippen molar-refractivity contribution in [1.82, 2.24) is 15.2 Å². The van der Waals surface area contributed by atoms with Crippen LogP contribution in [-0.2, 0) is 16.0 Å². The van der Waals surface area contributed by atoms with Gasteiger partial charge in [0.1, 0.15) is 11.6 Å². The number of fused-ring (bicyclic) bond motifs is 2. The maximum Gasteiger partial charge on any atom is 0.414 e. The SMILES string of the molecule is CC(C)(C)OC(=O)N1CCCc2cc(-c3ccc4nccc(C(=O)NCC(=O)N5CC(F)(F)C[C@H]5C#N)c4c3)ccc21. The molecule has 0 aliphatic carbocycles. The number of rotatable bonds is 4. The number of amides is 3. The van der Waals surface area contributed by atoms with Crippen molar-refractivity contribution in [3.63, 3.8) is 0 Å². The minimum absolute atomic E-state index is 0.271. The van der Waals surface area contributed by atoms with Crippen LogP contribution in [0, 0.1) is 11.3 Å². The highest BCUT2D eigenvalue weighted by molar-refractivity contribution is 6.07. The molecule has 3 aromatic rings. The Kier molecular flexibility index (Phi) is 7.58. The van der Waals surface area contributed by atoms with Gasteiger partial charge in [0.15, 0.2) is 0 Å². The van der Waals surface area contributed by atoms with Crippen LogP contribution in [0.5, 0.6) is 0 Å². The summed E-state index contributed by atoms with van der Waals surface area (Å²) in [5.74, 6) is -4.45. The number of carbonyl (C=O) groups excluding carboxylic acids is 3. The molecule has 0 saturated carbocycles. The Hall–Kier alpha value is -4.59. The van der Waals surface area contributed by atoms with E-state index >= 15 is 0 Å². The van der Waals surface area contributed by atoms with Gasteiger partial charge in [0.05, 0.1) is 35.9 Å². The number of pyridine rings is 1. The maximum absolute atomic E-state index is 13.8. The summed E-state index contributed by atoms with van der Waals surface area (Å²) in [6, 6.07) is 13.4. The number of likely N-dealkylation sites (tertiary alicyclic amines) is 1. The molecular weight excluding hydrogens is 544 g/mol. The number of aromatic nitrogens is 1. The number of halogens is 2. The molecule has 42 heavy (non-hydrogen) atoms. The highest BCUT2D eigenvalue weighted by Gasteiger charge is 2.47. The average molecular weight is 576 g/mol. The Morgan fingerprint density at radius 1 is 1.14 bits per heavy atom. The first-order valence-corrected chi connectivity index (χ1v) is 13.7. The largest absolute Gasteiger partial charge is 0.443 e. The predicted octanol–water partition coefficient (Wildman–Crippen LogP) is 5.08. The second-order valence-electron chi connectivity index (χ2n) is 11.6. The third kappa shape index (κ3) is 6.03. The van der Waals surface area contributed by atoms with Crippen LogP contribution in [0.15, 0.2) is 48.7 Å². The number of hydrogen-bond acceptors (Lipinski definition) is 6. The van der Waals surface area contributed by atoms with Gasteiger partial charge in [0.2, 0.25) is 5.91 Å². The third-order valence-electron chi connectivity index (χ3n) is 7.27. The normalized spacial score (nSPS) is 17.9. The summed E-state index contributed by atoms with van der Waals surface area (Å²) < 4.78 is 33.1. The van der Waals surface area contributed by atoms with Crippen molar-refractivity contribution in [2.24, 2.45) is 0 Å². The van der Waals surface area contributed by atoms with Crippen molar-refractivity contribution in [1.29, 1.82) is 5.26 Å². The fourth-order valence-corrected chi connectivity index (χ4v) is 5.35. The summed E-state index contributed by atoms with van der Waals surface area (Å²) in [5, 5.41) is 12.2. The summed E-state index contributed by atoms with van der Waals surface area (Å²) in [5.41, 5.74) is 3.77. The van der Waals surface area contributed by atoms with Crippen LogP contribution >= 0.6 is 0 Å². The van der Waals surface area contributed by atoms with Gasteiger partial charge in [0, 0.05) is 24.5 Å². The van der Waals surface area contributed by atoms with Crippen molar-refractivity contribution >= 4 is 34.5 Å². The molecule has 2 aliphatic heterocycles. The van der Waals surface area contributed by atoms with Crippen molar-refractivity contribution in [3.05, 3.63) is 59.8 Å². The lowest BCUT2D eigenvalue weighted by molar-refractivity contribution is -0.131. The summed E-state index contributed by atoms with van der Waals surface area (Å²) in [7, 11) is 0. The van der Waals surface area contributed by atoms with Gasteiger partial charge in [-0.15, -0.1) is 0 Å². The molecule has 1 aromatic heterocycles. The number of ether oxygens (including phenoxy) is 1. The van der Waals surface area contributed by atoms with Crippen LogP contribution in [0.2, 0.25) is 0 Å². The molecule has 3 heterocycles. The number of nitrogens with zero attached hydrogens (tertiary/aromatic N) is 4. The van der Waals surface area contributed by atoms with Crippen molar-refractivity contribution in [2.45, 2.75) is 57.6 Å². The first-order chi connectivity index (χ1) is 19.8.